The second-order valence-corrected chi connectivity index (χ2v) is 8.00. The highest BCUT2D eigenvalue weighted by Crippen LogP contribution is 2.18. The van der Waals surface area contributed by atoms with Crippen molar-refractivity contribution in [3.05, 3.63) is 29.8 Å². The number of ether oxygens (including phenoxy) is 1. The molecule has 1 amide bonds. The Hall–Kier alpha value is -1.48. The molecule has 0 unspecified atom stereocenters. The van der Waals surface area contributed by atoms with Crippen LogP contribution in [0.15, 0.2) is 29.2 Å². The first-order valence-corrected chi connectivity index (χ1v) is 9.71. The Morgan fingerprint density at radius 3 is 2.79 bits per heavy atom. The molecule has 7 nitrogen and oxygen atoms in total. The minimum absolute atomic E-state index is 0.0887. The Bertz CT molecular complexity index is 680. The van der Waals surface area contributed by atoms with Gasteiger partial charge in [-0.3, -0.25) is 4.79 Å². The summed E-state index contributed by atoms with van der Waals surface area (Å²) < 4.78 is 32.0. The molecule has 24 heavy (non-hydrogen) atoms. The maximum Gasteiger partial charge on any atom is 0.251 e. The molecule has 2 aliphatic rings. The minimum atomic E-state index is -3.59. The summed E-state index contributed by atoms with van der Waals surface area (Å²) in [5, 5.41) is 6.20. The zero-order chi connectivity index (χ0) is 17.0. The van der Waals surface area contributed by atoms with Crippen molar-refractivity contribution in [3.8, 4) is 0 Å². The molecule has 1 atom stereocenters. The lowest BCUT2D eigenvalue weighted by molar-refractivity contribution is 0.0730. The average molecular weight is 353 g/mol. The normalized spacial score (nSPS) is 22.9. The predicted molar refractivity (Wildman–Crippen MR) is 89.4 cm³/mol. The second kappa shape index (κ2) is 7.60. The summed E-state index contributed by atoms with van der Waals surface area (Å²) in [6.45, 7) is 3.19. The largest absolute Gasteiger partial charge is 0.379 e. The first-order chi connectivity index (χ1) is 11.6. The van der Waals surface area contributed by atoms with Gasteiger partial charge in [0.15, 0.2) is 0 Å². The van der Waals surface area contributed by atoms with Crippen LogP contribution in [0.2, 0.25) is 0 Å². The lowest BCUT2D eigenvalue weighted by Gasteiger charge is -2.26. The molecule has 0 radical (unpaired) electrons. The summed E-state index contributed by atoms with van der Waals surface area (Å²) in [5.41, 5.74) is 0.370. The highest BCUT2D eigenvalue weighted by molar-refractivity contribution is 7.89. The van der Waals surface area contributed by atoms with Gasteiger partial charge in [0.25, 0.3) is 5.91 Å². The first kappa shape index (κ1) is 17.3. The van der Waals surface area contributed by atoms with Crippen LogP contribution >= 0.6 is 0 Å². The first-order valence-electron chi connectivity index (χ1n) is 8.27. The van der Waals surface area contributed by atoms with Gasteiger partial charge in [0, 0.05) is 31.2 Å². The third-order valence-corrected chi connectivity index (χ3v) is 6.23. The smallest absolute Gasteiger partial charge is 0.251 e. The Kier molecular flexibility index (Phi) is 5.50. The number of nitrogens with one attached hydrogen (secondary N) is 2. The lowest BCUT2D eigenvalue weighted by atomic mass is 10.1. The van der Waals surface area contributed by atoms with Gasteiger partial charge in [0.05, 0.1) is 18.1 Å². The molecular weight excluding hydrogens is 330 g/mol. The Morgan fingerprint density at radius 2 is 2.08 bits per heavy atom. The van der Waals surface area contributed by atoms with E-state index in [0.29, 0.717) is 31.9 Å². The number of carbonyl (C=O) groups is 1. The summed E-state index contributed by atoms with van der Waals surface area (Å²) in [6.07, 6.45) is 1.96. The van der Waals surface area contributed by atoms with Crippen LogP contribution < -0.4 is 10.6 Å². The molecule has 8 heteroatoms. The van der Waals surface area contributed by atoms with Gasteiger partial charge >= 0.3 is 0 Å². The van der Waals surface area contributed by atoms with Crippen LogP contribution in [0.5, 0.6) is 0 Å². The van der Waals surface area contributed by atoms with Crippen molar-refractivity contribution in [2.75, 3.05) is 39.4 Å². The topological polar surface area (TPSA) is 87.7 Å². The van der Waals surface area contributed by atoms with Gasteiger partial charge in [0.2, 0.25) is 10.0 Å². The highest BCUT2D eigenvalue weighted by Gasteiger charge is 2.27. The number of benzene rings is 1. The van der Waals surface area contributed by atoms with Crippen molar-refractivity contribution in [1.29, 1.82) is 0 Å². The molecule has 3 rings (SSSR count). The molecule has 0 saturated carbocycles. The van der Waals surface area contributed by atoms with Gasteiger partial charge in [-0.1, -0.05) is 6.07 Å². The van der Waals surface area contributed by atoms with Gasteiger partial charge in [0.1, 0.15) is 0 Å². The van der Waals surface area contributed by atoms with E-state index in [1.807, 2.05) is 0 Å². The van der Waals surface area contributed by atoms with Gasteiger partial charge < -0.3 is 15.4 Å². The van der Waals surface area contributed by atoms with Gasteiger partial charge in [-0.25, -0.2) is 8.42 Å². The summed E-state index contributed by atoms with van der Waals surface area (Å²) >= 11 is 0. The van der Waals surface area contributed by atoms with Crippen LogP contribution in [-0.4, -0.2) is 64.1 Å². The fraction of sp³-hybridized carbons (Fsp3) is 0.562. The van der Waals surface area contributed by atoms with Crippen molar-refractivity contribution in [2.45, 2.75) is 23.8 Å². The number of sulfonamides is 1. The molecular formula is C16H23N3O4S. The standard InChI is InChI=1S/C16H23N3O4S/c20-16(18-14-4-2-6-17-12-14)13-3-1-5-15(11-13)24(21,22)19-7-9-23-10-8-19/h1,3,5,11,14,17H,2,4,6-10,12H2,(H,18,20)/t14-/m0/s1. The fourth-order valence-electron chi connectivity index (χ4n) is 2.98. The minimum Gasteiger partial charge on any atom is -0.379 e. The van der Waals surface area contributed by atoms with Crippen molar-refractivity contribution in [1.82, 2.24) is 14.9 Å². The molecule has 132 valence electrons. The van der Waals surface area contributed by atoms with Crippen LogP contribution in [-0.2, 0) is 14.8 Å². The Morgan fingerprint density at radius 1 is 1.29 bits per heavy atom. The fourth-order valence-corrected chi connectivity index (χ4v) is 4.43. The third-order valence-electron chi connectivity index (χ3n) is 4.34. The molecule has 0 spiro atoms. The summed E-state index contributed by atoms with van der Waals surface area (Å²) in [4.78, 5) is 12.6. The van der Waals surface area contributed by atoms with E-state index >= 15 is 0 Å². The number of hydrogen-bond donors (Lipinski definition) is 2. The molecule has 2 heterocycles. The number of nitrogens with zero attached hydrogens (tertiary/aromatic N) is 1. The maximum absolute atomic E-state index is 12.7. The van der Waals surface area contributed by atoms with Crippen molar-refractivity contribution in [2.24, 2.45) is 0 Å². The van der Waals surface area contributed by atoms with E-state index in [9.17, 15) is 13.2 Å². The SMILES string of the molecule is O=C(N[C@H]1CCCNC1)c1cccc(S(=O)(=O)N2CCOCC2)c1. The average Bonchev–Trinajstić information content (AvgIpc) is 2.63. The highest BCUT2D eigenvalue weighted by atomic mass is 32.2. The number of amides is 1. The van der Waals surface area contributed by atoms with E-state index < -0.39 is 10.0 Å². The second-order valence-electron chi connectivity index (χ2n) is 6.06. The van der Waals surface area contributed by atoms with Gasteiger partial charge in [-0.2, -0.15) is 4.31 Å². The molecule has 2 N–H and O–H groups in total. The van der Waals surface area contributed by atoms with E-state index in [0.717, 1.165) is 25.9 Å². The van der Waals surface area contributed by atoms with E-state index in [1.54, 1.807) is 12.1 Å². The molecule has 0 aliphatic carbocycles. The number of carbonyl (C=O) groups excluding carboxylic acids is 1. The predicted octanol–water partition coefficient (Wildman–Crippen LogP) is 0.189. The number of piperidine rings is 1. The van der Waals surface area contributed by atoms with E-state index in [1.165, 1.54) is 16.4 Å². The van der Waals surface area contributed by atoms with Crippen LogP contribution in [0.3, 0.4) is 0 Å². The number of hydrogen-bond acceptors (Lipinski definition) is 5. The van der Waals surface area contributed by atoms with E-state index in [2.05, 4.69) is 10.6 Å². The molecule has 2 fully saturated rings. The lowest BCUT2D eigenvalue weighted by Crippen LogP contribution is -2.45. The summed E-state index contributed by atoms with van der Waals surface area (Å²) in [6, 6.07) is 6.33. The zero-order valence-corrected chi connectivity index (χ0v) is 14.3. The number of morpholine rings is 1. The maximum atomic E-state index is 12.7. The van der Waals surface area contributed by atoms with Crippen LogP contribution in [0.4, 0.5) is 0 Å². The molecule has 2 aliphatic heterocycles. The van der Waals surface area contributed by atoms with Crippen LogP contribution in [0.1, 0.15) is 23.2 Å². The third kappa shape index (κ3) is 3.94. The van der Waals surface area contributed by atoms with Crippen molar-refractivity contribution >= 4 is 15.9 Å². The summed E-state index contributed by atoms with van der Waals surface area (Å²) in [5.74, 6) is -0.234. The molecule has 1 aromatic carbocycles. The monoisotopic (exact) mass is 353 g/mol. The van der Waals surface area contributed by atoms with E-state index in [-0.39, 0.29) is 16.8 Å². The van der Waals surface area contributed by atoms with Gasteiger partial charge in [-0.05, 0) is 37.6 Å². The molecule has 0 aromatic heterocycles. The molecule has 2 saturated heterocycles. The molecule has 0 bridgehead atoms. The summed E-state index contributed by atoms with van der Waals surface area (Å²) in [7, 11) is -3.59. The van der Waals surface area contributed by atoms with Gasteiger partial charge in [-0.15, -0.1) is 0 Å². The zero-order valence-electron chi connectivity index (χ0n) is 13.5. The van der Waals surface area contributed by atoms with Crippen molar-refractivity contribution in [3.63, 3.8) is 0 Å². The molecule has 1 aromatic rings. The quantitative estimate of drug-likeness (QED) is 0.807. The van der Waals surface area contributed by atoms with E-state index in [4.69, 9.17) is 4.74 Å². The Balaban J connectivity index is 1.74. The van der Waals surface area contributed by atoms with Crippen molar-refractivity contribution < 1.29 is 17.9 Å². The van der Waals surface area contributed by atoms with Crippen LogP contribution in [0, 0.1) is 0 Å². The number of rotatable bonds is 4. The van der Waals surface area contributed by atoms with Crippen LogP contribution in [0.25, 0.3) is 0 Å². The Labute approximate surface area is 142 Å².